The molecule has 0 atom stereocenters. The lowest BCUT2D eigenvalue weighted by molar-refractivity contribution is -0.117. The molecule has 88 valence electrons. The molecule has 0 spiro atoms. The van der Waals surface area contributed by atoms with Gasteiger partial charge in [0.15, 0.2) is 0 Å². The first-order valence-corrected chi connectivity index (χ1v) is 5.41. The van der Waals surface area contributed by atoms with Crippen molar-refractivity contribution in [1.82, 2.24) is 0 Å². The molecule has 1 aromatic rings. The maximum absolute atomic E-state index is 13.6. The highest BCUT2D eigenvalue weighted by Crippen LogP contribution is 2.30. The molecule has 1 saturated carbocycles. The van der Waals surface area contributed by atoms with E-state index in [4.69, 9.17) is 5.11 Å². The van der Waals surface area contributed by atoms with Gasteiger partial charge in [-0.1, -0.05) is 11.8 Å². The predicted molar refractivity (Wildman–Crippen MR) is 61.7 cm³/mol. The van der Waals surface area contributed by atoms with Crippen molar-refractivity contribution < 1.29 is 14.3 Å². The first-order chi connectivity index (χ1) is 8.20. The minimum atomic E-state index is -0.510. The van der Waals surface area contributed by atoms with Crippen molar-refractivity contribution >= 4 is 11.6 Å². The molecule has 2 N–H and O–H groups in total. The Kier molecular flexibility index (Phi) is 3.40. The number of halogens is 1. The van der Waals surface area contributed by atoms with E-state index in [0.717, 1.165) is 12.8 Å². The van der Waals surface area contributed by atoms with E-state index < -0.39 is 5.82 Å². The number of rotatable bonds is 2. The summed E-state index contributed by atoms with van der Waals surface area (Å²) in [6, 6.07) is 4.33. The third-order valence-corrected chi connectivity index (χ3v) is 2.49. The molecule has 2 rings (SSSR count). The standard InChI is InChI=1S/C13H12FNO2/c14-11-8-9(2-1-7-16)3-6-12(11)15-13(17)10-4-5-10/h3,6,8,10,16H,4-5,7H2,(H,15,17). The number of amides is 1. The lowest BCUT2D eigenvalue weighted by Crippen LogP contribution is -2.14. The lowest BCUT2D eigenvalue weighted by atomic mass is 10.2. The summed E-state index contributed by atoms with van der Waals surface area (Å²) < 4.78 is 13.6. The number of benzene rings is 1. The van der Waals surface area contributed by atoms with Gasteiger partial charge < -0.3 is 10.4 Å². The van der Waals surface area contributed by atoms with Gasteiger partial charge in [0.05, 0.1) is 5.69 Å². The third kappa shape index (κ3) is 3.05. The van der Waals surface area contributed by atoms with Gasteiger partial charge in [-0.15, -0.1) is 0 Å². The van der Waals surface area contributed by atoms with Crippen LogP contribution in [0.5, 0.6) is 0 Å². The summed E-state index contributed by atoms with van der Waals surface area (Å²) in [5, 5.41) is 11.1. The number of nitrogens with one attached hydrogen (secondary N) is 1. The van der Waals surface area contributed by atoms with E-state index in [2.05, 4.69) is 17.2 Å². The van der Waals surface area contributed by atoms with Crippen molar-refractivity contribution in [3.05, 3.63) is 29.6 Å². The Morgan fingerprint density at radius 1 is 1.53 bits per heavy atom. The van der Waals surface area contributed by atoms with Gasteiger partial charge in [0.2, 0.25) is 5.91 Å². The van der Waals surface area contributed by atoms with E-state index in [0.29, 0.717) is 5.56 Å². The van der Waals surface area contributed by atoms with Crippen LogP contribution in [0, 0.1) is 23.6 Å². The fourth-order valence-electron chi connectivity index (χ4n) is 1.42. The molecule has 1 aromatic carbocycles. The minimum absolute atomic E-state index is 0.0447. The second kappa shape index (κ2) is 4.98. The Labute approximate surface area is 98.7 Å². The van der Waals surface area contributed by atoms with E-state index in [1.54, 1.807) is 6.07 Å². The number of hydrogen-bond donors (Lipinski definition) is 2. The van der Waals surface area contributed by atoms with Crippen LogP contribution in [0.1, 0.15) is 18.4 Å². The number of aliphatic hydroxyl groups is 1. The van der Waals surface area contributed by atoms with Crippen LogP contribution in [0.25, 0.3) is 0 Å². The normalized spacial score (nSPS) is 13.8. The molecule has 0 bridgehead atoms. The first-order valence-electron chi connectivity index (χ1n) is 5.41. The van der Waals surface area contributed by atoms with Crippen LogP contribution >= 0.6 is 0 Å². The molecule has 0 aromatic heterocycles. The number of anilines is 1. The van der Waals surface area contributed by atoms with Crippen molar-refractivity contribution in [3.63, 3.8) is 0 Å². The highest BCUT2D eigenvalue weighted by molar-refractivity contribution is 5.94. The predicted octanol–water partition coefficient (Wildman–Crippen LogP) is 1.52. The Morgan fingerprint density at radius 3 is 2.88 bits per heavy atom. The topological polar surface area (TPSA) is 49.3 Å². The molecule has 1 aliphatic carbocycles. The van der Waals surface area contributed by atoms with Gasteiger partial charge in [-0.2, -0.15) is 0 Å². The summed E-state index contributed by atoms with van der Waals surface area (Å²) in [5.74, 6) is 4.44. The Hall–Kier alpha value is -1.86. The molecule has 0 heterocycles. The summed E-state index contributed by atoms with van der Waals surface area (Å²) in [6.45, 7) is -0.262. The van der Waals surface area contributed by atoms with Gasteiger partial charge in [-0.3, -0.25) is 4.79 Å². The minimum Gasteiger partial charge on any atom is -0.384 e. The Bertz CT molecular complexity index is 498. The summed E-state index contributed by atoms with van der Waals surface area (Å²) in [7, 11) is 0. The second-order valence-electron chi connectivity index (χ2n) is 3.92. The average molecular weight is 233 g/mol. The van der Waals surface area contributed by atoms with Gasteiger partial charge in [-0.05, 0) is 31.0 Å². The molecule has 0 radical (unpaired) electrons. The molecular formula is C13H12FNO2. The number of hydrogen-bond acceptors (Lipinski definition) is 2. The molecule has 0 saturated heterocycles. The number of aliphatic hydroxyl groups excluding tert-OH is 1. The van der Waals surface area contributed by atoms with E-state index in [1.165, 1.54) is 12.1 Å². The van der Waals surface area contributed by atoms with Crippen molar-refractivity contribution in [2.45, 2.75) is 12.8 Å². The molecule has 3 nitrogen and oxygen atoms in total. The summed E-state index contributed by atoms with van der Waals surface area (Å²) >= 11 is 0. The molecule has 1 amide bonds. The van der Waals surface area contributed by atoms with Crippen molar-refractivity contribution in [1.29, 1.82) is 0 Å². The maximum atomic E-state index is 13.6. The van der Waals surface area contributed by atoms with E-state index in [9.17, 15) is 9.18 Å². The van der Waals surface area contributed by atoms with Gasteiger partial charge >= 0.3 is 0 Å². The smallest absolute Gasteiger partial charge is 0.227 e. The average Bonchev–Trinajstić information content (AvgIpc) is 3.13. The maximum Gasteiger partial charge on any atom is 0.227 e. The van der Waals surface area contributed by atoms with Crippen LogP contribution in [0.15, 0.2) is 18.2 Å². The van der Waals surface area contributed by atoms with Crippen LogP contribution in [-0.4, -0.2) is 17.6 Å². The van der Waals surface area contributed by atoms with Gasteiger partial charge in [0.25, 0.3) is 0 Å². The Balaban J connectivity index is 2.10. The lowest BCUT2D eigenvalue weighted by Gasteiger charge is -2.05. The second-order valence-corrected chi connectivity index (χ2v) is 3.92. The number of carbonyl (C=O) groups excluding carboxylic acids is 1. The third-order valence-electron chi connectivity index (χ3n) is 2.49. The van der Waals surface area contributed by atoms with Crippen LogP contribution in [0.4, 0.5) is 10.1 Å². The van der Waals surface area contributed by atoms with Crippen LogP contribution in [0.3, 0.4) is 0 Å². The largest absolute Gasteiger partial charge is 0.384 e. The number of carbonyl (C=O) groups is 1. The van der Waals surface area contributed by atoms with Gasteiger partial charge in [0.1, 0.15) is 12.4 Å². The molecule has 1 fully saturated rings. The summed E-state index contributed by atoms with van der Waals surface area (Å²) in [6.07, 6.45) is 1.76. The van der Waals surface area contributed by atoms with Gasteiger partial charge in [0, 0.05) is 11.5 Å². The van der Waals surface area contributed by atoms with Crippen molar-refractivity contribution in [3.8, 4) is 11.8 Å². The summed E-state index contributed by atoms with van der Waals surface area (Å²) in [5.41, 5.74) is 0.650. The molecular weight excluding hydrogens is 221 g/mol. The molecule has 0 unspecified atom stereocenters. The van der Waals surface area contributed by atoms with E-state index in [-0.39, 0.29) is 24.1 Å². The van der Waals surface area contributed by atoms with E-state index in [1.807, 2.05) is 0 Å². The van der Waals surface area contributed by atoms with E-state index >= 15 is 0 Å². The molecule has 4 heteroatoms. The van der Waals surface area contributed by atoms with Crippen LogP contribution < -0.4 is 5.32 Å². The zero-order valence-electron chi connectivity index (χ0n) is 9.16. The van der Waals surface area contributed by atoms with Gasteiger partial charge in [-0.25, -0.2) is 4.39 Å². The molecule has 0 aliphatic heterocycles. The van der Waals surface area contributed by atoms with Crippen LogP contribution in [-0.2, 0) is 4.79 Å². The first kappa shape index (κ1) is 11.6. The van der Waals surface area contributed by atoms with Crippen LogP contribution in [0.2, 0.25) is 0 Å². The highest BCUT2D eigenvalue weighted by Gasteiger charge is 2.29. The molecule has 17 heavy (non-hydrogen) atoms. The summed E-state index contributed by atoms with van der Waals surface area (Å²) in [4.78, 5) is 11.4. The zero-order chi connectivity index (χ0) is 12.3. The zero-order valence-corrected chi connectivity index (χ0v) is 9.16. The van der Waals surface area contributed by atoms with Crippen molar-refractivity contribution in [2.24, 2.45) is 5.92 Å². The SMILES string of the molecule is O=C(Nc1ccc(C#CCO)cc1F)C1CC1. The Morgan fingerprint density at radius 2 is 2.29 bits per heavy atom. The highest BCUT2D eigenvalue weighted by atomic mass is 19.1. The molecule has 1 aliphatic rings. The quantitative estimate of drug-likeness (QED) is 0.761. The monoisotopic (exact) mass is 233 g/mol. The fourth-order valence-corrected chi connectivity index (χ4v) is 1.42. The van der Waals surface area contributed by atoms with Crippen molar-refractivity contribution in [2.75, 3.05) is 11.9 Å². The fraction of sp³-hybridized carbons (Fsp3) is 0.308.